The number of aliphatic hydroxyl groups excluding tert-OH is 1. The molecule has 1 saturated carbocycles. The zero-order valence-corrected chi connectivity index (χ0v) is 11.0. The molecule has 0 saturated heterocycles. The van der Waals surface area contributed by atoms with Gasteiger partial charge in [0.25, 0.3) is 0 Å². The van der Waals surface area contributed by atoms with E-state index in [2.05, 4.69) is 11.5 Å². The van der Waals surface area contributed by atoms with Crippen LogP contribution in [0.25, 0.3) is 0 Å². The molecule has 3 heteroatoms. The van der Waals surface area contributed by atoms with Gasteiger partial charge in [-0.05, 0) is 44.4 Å². The molecule has 0 unspecified atom stereocenters. The summed E-state index contributed by atoms with van der Waals surface area (Å²) in [6.45, 7) is 7.93. The molecule has 0 aliphatic heterocycles. The smallest absolute Gasteiger partial charge is 0.126 e. The topological polar surface area (TPSA) is 23.5 Å². The van der Waals surface area contributed by atoms with Crippen LogP contribution in [0.3, 0.4) is 0 Å². The van der Waals surface area contributed by atoms with Crippen LogP contribution < -0.4 is 4.90 Å². The standard InChI is InChI=1S/C15H20FNO/c1-4-7-17(12-5-6-12)15-8-10(2)14(16)9-13(15)11(3)18/h4,8-9,11-12,18H,1,5-7H2,2-3H3/t11-/m1/s1. The summed E-state index contributed by atoms with van der Waals surface area (Å²) >= 11 is 0. The molecule has 0 amide bonds. The SMILES string of the molecule is C=CCN(c1cc(C)c(F)cc1[C@@H](C)O)C1CC1. The van der Waals surface area contributed by atoms with Gasteiger partial charge in [-0.2, -0.15) is 0 Å². The average Bonchev–Trinajstić information content (AvgIpc) is 3.13. The maximum atomic E-state index is 13.6. The monoisotopic (exact) mass is 249 g/mol. The highest BCUT2D eigenvalue weighted by atomic mass is 19.1. The fourth-order valence-corrected chi connectivity index (χ4v) is 2.23. The highest BCUT2D eigenvalue weighted by Crippen LogP contribution is 2.36. The maximum absolute atomic E-state index is 13.6. The lowest BCUT2D eigenvalue weighted by Crippen LogP contribution is -2.27. The molecule has 0 bridgehead atoms. The average molecular weight is 249 g/mol. The fourth-order valence-electron chi connectivity index (χ4n) is 2.23. The van der Waals surface area contributed by atoms with Crippen LogP contribution in [0, 0.1) is 12.7 Å². The van der Waals surface area contributed by atoms with Gasteiger partial charge in [0.15, 0.2) is 0 Å². The Morgan fingerprint density at radius 2 is 2.22 bits per heavy atom. The molecule has 0 heterocycles. The van der Waals surface area contributed by atoms with Crippen LogP contribution in [0.4, 0.5) is 10.1 Å². The lowest BCUT2D eigenvalue weighted by Gasteiger charge is -2.27. The molecule has 0 aromatic heterocycles. The first-order chi connectivity index (χ1) is 8.54. The summed E-state index contributed by atoms with van der Waals surface area (Å²) in [6, 6.07) is 3.79. The van der Waals surface area contributed by atoms with Crippen LogP contribution in [0.1, 0.15) is 37.0 Å². The molecule has 1 aliphatic carbocycles. The van der Waals surface area contributed by atoms with E-state index in [-0.39, 0.29) is 5.82 Å². The minimum absolute atomic E-state index is 0.260. The van der Waals surface area contributed by atoms with E-state index < -0.39 is 6.10 Å². The number of aliphatic hydroxyl groups is 1. The number of anilines is 1. The van der Waals surface area contributed by atoms with E-state index in [1.807, 2.05) is 12.1 Å². The third kappa shape index (κ3) is 2.56. The van der Waals surface area contributed by atoms with Gasteiger partial charge in [0, 0.05) is 23.8 Å². The number of aryl methyl sites for hydroxylation is 1. The van der Waals surface area contributed by atoms with Gasteiger partial charge in [-0.1, -0.05) is 6.08 Å². The second-order valence-corrected chi connectivity index (χ2v) is 5.01. The van der Waals surface area contributed by atoms with Crippen LogP contribution in [0.2, 0.25) is 0 Å². The van der Waals surface area contributed by atoms with E-state index in [1.54, 1.807) is 13.8 Å². The van der Waals surface area contributed by atoms with Crippen molar-refractivity contribution in [3.63, 3.8) is 0 Å². The summed E-state index contributed by atoms with van der Waals surface area (Å²) in [7, 11) is 0. The Morgan fingerprint density at radius 3 is 2.72 bits per heavy atom. The first-order valence-electron chi connectivity index (χ1n) is 6.40. The van der Waals surface area contributed by atoms with Crippen molar-refractivity contribution >= 4 is 5.69 Å². The van der Waals surface area contributed by atoms with E-state index in [0.717, 1.165) is 25.1 Å². The highest BCUT2D eigenvalue weighted by Gasteiger charge is 2.30. The summed E-state index contributed by atoms with van der Waals surface area (Å²) in [5, 5.41) is 9.82. The Bertz CT molecular complexity index is 452. The second kappa shape index (κ2) is 5.11. The van der Waals surface area contributed by atoms with Gasteiger partial charge in [-0.15, -0.1) is 6.58 Å². The normalized spacial score (nSPS) is 16.4. The number of nitrogens with zero attached hydrogens (tertiary/aromatic N) is 1. The Morgan fingerprint density at radius 1 is 1.56 bits per heavy atom. The van der Waals surface area contributed by atoms with Crippen LogP contribution in [-0.2, 0) is 0 Å². The number of rotatable bonds is 5. The minimum atomic E-state index is -0.666. The summed E-state index contributed by atoms with van der Waals surface area (Å²) in [5.41, 5.74) is 2.21. The maximum Gasteiger partial charge on any atom is 0.126 e. The molecular formula is C15H20FNO. The molecule has 18 heavy (non-hydrogen) atoms. The molecule has 98 valence electrons. The number of hydrogen-bond acceptors (Lipinski definition) is 2. The molecule has 2 nitrogen and oxygen atoms in total. The molecule has 1 N–H and O–H groups in total. The predicted octanol–water partition coefficient (Wildman–Crippen LogP) is 3.34. The quantitative estimate of drug-likeness (QED) is 0.809. The molecule has 1 aromatic carbocycles. The molecule has 0 radical (unpaired) electrons. The van der Waals surface area contributed by atoms with E-state index in [9.17, 15) is 9.50 Å². The molecule has 1 atom stereocenters. The Labute approximate surface area is 108 Å². The van der Waals surface area contributed by atoms with Gasteiger partial charge in [0.2, 0.25) is 0 Å². The van der Waals surface area contributed by atoms with Gasteiger partial charge < -0.3 is 10.0 Å². The van der Waals surface area contributed by atoms with Crippen molar-refractivity contribution in [2.45, 2.75) is 38.8 Å². The van der Waals surface area contributed by atoms with Gasteiger partial charge >= 0.3 is 0 Å². The summed E-state index contributed by atoms with van der Waals surface area (Å²) in [5.74, 6) is -0.260. The minimum Gasteiger partial charge on any atom is -0.389 e. The summed E-state index contributed by atoms with van der Waals surface area (Å²) in [6.07, 6.45) is 3.50. The van der Waals surface area contributed by atoms with Crippen LogP contribution >= 0.6 is 0 Å². The van der Waals surface area contributed by atoms with E-state index in [1.165, 1.54) is 6.07 Å². The van der Waals surface area contributed by atoms with E-state index in [4.69, 9.17) is 0 Å². The third-order valence-corrected chi connectivity index (χ3v) is 3.38. The molecular weight excluding hydrogens is 229 g/mol. The van der Waals surface area contributed by atoms with E-state index >= 15 is 0 Å². The van der Waals surface area contributed by atoms with Crippen molar-refractivity contribution in [2.24, 2.45) is 0 Å². The molecule has 1 fully saturated rings. The summed E-state index contributed by atoms with van der Waals surface area (Å²) in [4.78, 5) is 2.21. The van der Waals surface area contributed by atoms with Crippen LogP contribution in [-0.4, -0.2) is 17.7 Å². The largest absolute Gasteiger partial charge is 0.389 e. The highest BCUT2D eigenvalue weighted by molar-refractivity contribution is 5.58. The zero-order chi connectivity index (χ0) is 13.3. The number of benzene rings is 1. The van der Waals surface area contributed by atoms with Crippen molar-refractivity contribution in [2.75, 3.05) is 11.4 Å². The first-order valence-corrected chi connectivity index (χ1v) is 6.40. The van der Waals surface area contributed by atoms with Crippen molar-refractivity contribution in [1.29, 1.82) is 0 Å². The fraction of sp³-hybridized carbons (Fsp3) is 0.467. The molecule has 0 spiro atoms. The van der Waals surface area contributed by atoms with Gasteiger partial charge in [-0.3, -0.25) is 0 Å². The number of hydrogen-bond donors (Lipinski definition) is 1. The first kappa shape index (κ1) is 13.1. The third-order valence-electron chi connectivity index (χ3n) is 3.38. The Balaban J connectivity index is 2.45. The number of halogens is 1. The molecule has 1 aromatic rings. The van der Waals surface area contributed by atoms with E-state index in [0.29, 0.717) is 17.2 Å². The van der Waals surface area contributed by atoms with Gasteiger partial charge in [0.1, 0.15) is 5.82 Å². The predicted molar refractivity (Wildman–Crippen MR) is 72.3 cm³/mol. The van der Waals surface area contributed by atoms with Gasteiger partial charge in [-0.25, -0.2) is 4.39 Å². The zero-order valence-electron chi connectivity index (χ0n) is 11.0. The lowest BCUT2D eigenvalue weighted by molar-refractivity contribution is 0.199. The summed E-state index contributed by atoms with van der Waals surface area (Å²) < 4.78 is 13.6. The van der Waals surface area contributed by atoms with Crippen LogP contribution in [0.15, 0.2) is 24.8 Å². The van der Waals surface area contributed by atoms with Gasteiger partial charge in [0.05, 0.1) is 6.10 Å². The van der Waals surface area contributed by atoms with Crippen molar-refractivity contribution in [1.82, 2.24) is 0 Å². The molecule has 1 aliphatic rings. The van der Waals surface area contributed by atoms with Crippen LogP contribution in [0.5, 0.6) is 0 Å². The Hall–Kier alpha value is -1.35. The van der Waals surface area contributed by atoms with Crippen molar-refractivity contribution < 1.29 is 9.50 Å². The Kier molecular flexibility index (Phi) is 3.71. The molecule has 2 rings (SSSR count). The van der Waals surface area contributed by atoms with Crippen molar-refractivity contribution in [3.8, 4) is 0 Å². The van der Waals surface area contributed by atoms with Crippen molar-refractivity contribution in [3.05, 3.63) is 41.7 Å². The second-order valence-electron chi connectivity index (χ2n) is 5.01. The lowest BCUT2D eigenvalue weighted by atomic mass is 10.0.